The Balaban J connectivity index is 1.44. The molecular weight excluding hydrogens is 462 g/mol. The van der Waals surface area contributed by atoms with E-state index in [0.717, 1.165) is 14.7 Å². The first-order valence-corrected chi connectivity index (χ1v) is 10.8. The molecule has 0 atom stereocenters. The Morgan fingerprint density at radius 3 is 2.93 bits per heavy atom. The minimum Gasteiger partial charge on any atom is -0.507 e. The molecule has 4 aromatic rings. The number of halogens is 1. The summed E-state index contributed by atoms with van der Waals surface area (Å²) in [5.41, 5.74) is 1.43. The first kappa shape index (κ1) is 18.9. The zero-order valence-corrected chi connectivity index (χ0v) is 17.8. The van der Waals surface area contributed by atoms with Crippen molar-refractivity contribution in [2.75, 3.05) is 11.1 Å². The molecule has 0 saturated carbocycles. The number of benzene rings is 2. The second-order valence-corrected chi connectivity index (χ2v) is 8.74. The number of amides is 1. The quantitative estimate of drug-likeness (QED) is 0.418. The lowest BCUT2D eigenvalue weighted by molar-refractivity contribution is -0.113. The fourth-order valence-corrected chi connectivity index (χ4v) is 4.53. The van der Waals surface area contributed by atoms with Crippen LogP contribution >= 0.6 is 39.0 Å². The Morgan fingerprint density at radius 1 is 1.29 bits per heavy atom. The Morgan fingerprint density at radius 2 is 2.11 bits per heavy atom. The van der Waals surface area contributed by atoms with Gasteiger partial charge in [-0.1, -0.05) is 51.2 Å². The topological polar surface area (TPSA) is 92.9 Å². The van der Waals surface area contributed by atoms with Gasteiger partial charge in [0.25, 0.3) is 0 Å². The predicted octanol–water partition coefficient (Wildman–Crippen LogP) is 4.29. The summed E-state index contributed by atoms with van der Waals surface area (Å²) in [5, 5.41) is 22.3. The lowest BCUT2D eigenvalue weighted by Crippen LogP contribution is -2.14. The molecule has 28 heavy (non-hydrogen) atoms. The first-order valence-electron chi connectivity index (χ1n) is 8.18. The van der Waals surface area contributed by atoms with Crippen molar-refractivity contribution >= 4 is 60.3 Å². The molecule has 2 N–H and O–H groups in total. The monoisotopic (exact) mass is 475 g/mol. The van der Waals surface area contributed by atoms with E-state index in [0.29, 0.717) is 21.7 Å². The lowest BCUT2D eigenvalue weighted by atomic mass is 10.2. The summed E-state index contributed by atoms with van der Waals surface area (Å²) in [4.78, 5) is 16.7. The van der Waals surface area contributed by atoms with Crippen LogP contribution in [0.25, 0.3) is 21.6 Å². The van der Waals surface area contributed by atoms with Crippen LogP contribution in [-0.4, -0.2) is 36.5 Å². The number of carbonyl (C=O) groups is 1. The number of hydrogen-bond donors (Lipinski definition) is 2. The Labute approximate surface area is 177 Å². The van der Waals surface area contributed by atoms with Crippen molar-refractivity contribution in [2.24, 2.45) is 7.05 Å². The molecular formula is C18H14BrN5O2S2. The SMILES string of the molecule is Cn1c(SCC(=O)Nc2nc3ccccc3s2)nnc1-c1cc(Br)ccc1O. The van der Waals surface area contributed by atoms with E-state index in [1.807, 2.05) is 24.3 Å². The van der Waals surface area contributed by atoms with E-state index < -0.39 is 0 Å². The number of thiazole rings is 1. The van der Waals surface area contributed by atoms with Crippen LogP contribution in [-0.2, 0) is 11.8 Å². The van der Waals surface area contributed by atoms with Gasteiger partial charge in [0, 0.05) is 11.5 Å². The van der Waals surface area contributed by atoms with E-state index in [4.69, 9.17) is 0 Å². The van der Waals surface area contributed by atoms with Gasteiger partial charge in [-0.05, 0) is 30.3 Å². The van der Waals surface area contributed by atoms with Gasteiger partial charge in [0.2, 0.25) is 5.91 Å². The highest BCUT2D eigenvalue weighted by atomic mass is 79.9. The normalized spacial score (nSPS) is 11.1. The molecule has 0 bridgehead atoms. The number of para-hydroxylation sites is 1. The van der Waals surface area contributed by atoms with Gasteiger partial charge in [-0.25, -0.2) is 4.98 Å². The molecule has 2 heterocycles. The number of aromatic nitrogens is 4. The number of phenolic OH excluding ortho intramolecular Hbond substituents is 1. The van der Waals surface area contributed by atoms with Crippen molar-refractivity contribution in [1.29, 1.82) is 0 Å². The summed E-state index contributed by atoms with van der Waals surface area (Å²) in [7, 11) is 1.80. The highest BCUT2D eigenvalue weighted by Crippen LogP contribution is 2.32. The van der Waals surface area contributed by atoms with E-state index in [2.05, 4.69) is 36.4 Å². The van der Waals surface area contributed by atoms with Gasteiger partial charge in [-0.3, -0.25) is 4.79 Å². The van der Waals surface area contributed by atoms with Crippen LogP contribution < -0.4 is 5.32 Å². The summed E-state index contributed by atoms with van der Waals surface area (Å²) in [5.74, 6) is 0.641. The van der Waals surface area contributed by atoms with E-state index in [1.165, 1.54) is 23.1 Å². The third-order valence-electron chi connectivity index (χ3n) is 3.91. The van der Waals surface area contributed by atoms with Crippen molar-refractivity contribution in [3.63, 3.8) is 0 Å². The highest BCUT2D eigenvalue weighted by molar-refractivity contribution is 9.10. The zero-order chi connectivity index (χ0) is 19.7. The smallest absolute Gasteiger partial charge is 0.236 e. The number of nitrogens with zero attached hydrogens (tertiary/aromatic N) is 4. The molecule has 1 amide bonds. The van der Waals surface area contributed by atoms with Crippen LogP contribution in [0.3, 0.4) is 0 Å². The summed E-state index contributed by atoms with van der Waals surface area (Å²) < 4.78 is 3.60. The number of hydrogen-bond acceptors (Lipinski definition) is 7. The van der Waals surface area contributed by atoms with Gasteiger partial charge in [0.15, 0.2) is 16.1 Å². The lowest BCUT2D eigenvalue weighted by Gasteiger charge is -2.06. The molecule has 0 radical (unpaired) electrons. The predicted molar refractivity (Wildman–Crippen MR) is 115 cm³/mol. The van der Waals surface area contributed by atoms with E-state index >= 15 is 0 Å². The minimum absolute atomic E-state index is 0.115. The van der Waals surface area contributed by atoms with E-state index in [-0.39, 0.29) is 17.4 Å². The zero-order valence-electron chi connectivity index (χ0n) is 14.6. The summed E-state index contributed by atoms with van der Waals surface area (Å²) in [6, 6.07) is 12.8. The van der Waals surface area contributed by atoms with E-state index in [9.17, 15) is 9.90 Å². The number of aromatic hydroxyl groups is 1. The third-order valence-corrected chi connectivity index (χ3v) is 6.37. The molecule has 10 heteroatoms. The maximum Gasteiger partial charge on any atom is 0.236 e. The number of thioether (sulfide) groups is 1. The second kappa shape index (κ2) is 7.90. The number of phenols is 1. The molecule has 0 aliphatic heterocycles. The van der Waals surface area contributed by atoms with Crippen LogP contribution in [0.1, 0.15) is 0 Å². The second-order valence-electron chi connectivity index (χ2n) is 5.85. The first-order chi connectivity index (χ1) is 13.5. The van der Waals surface area contributed by atoms with Gasteiger partial charge >= 0.3 is 0 Å². The van der Waals surface area contributed by atoms with Crippen molar-refractivity contribution in [3.05, 3.63) is 46.9 Å². The summed E-state index contributed by atoms with van der Waals surface area (Å²) in [6.45, 7) is 0. The van der Waals surface area contributed by atoms with Crippen LogP contribution in [0.4, 0.5) is 5.13 Å². The fraction of sp³-hybridized carbons (Fsp3) is 0.111. The minimum atomic E-state index is -0.168. The van der Waals surface area contributed by atoms with Crippen molar-refractivity contribution in [3.8, 4) is 17.1 Å². The van der Waals surface area contributed by atoms with Crippen molar-refractivity contribution < 1.29 is 9.90 Å². The molecule has 4 rings (SSSR count). The average Bonchev–Trinajstić information content (AvgIpc) is 3.24. The van der Waals surface area contributed by atoms with Crippen LogP contribution in [0.5, 0.6) is 5.75 Å². The molecule has 0 unspecified atom stereocenters. The summed E-state index contributed by atoms with van der Waals surface area (Å²) >= 11 is 6.09. The molecule has 0 fully saturated rings. The standard InChI is InChI=1S/C18H14BrN5O2S2/c1-24-16(11-8-10(19)6-7-13(11)25)22-23-18(24)27-9-15(26)21-17-20-12-4-2-3-5-14(12)28-17/h2-8,25H,9H2,1H3,(H,20,21,26). The number of fused-ring (bicyclic) bond motifs is 1. The van der Waals surface area contributed by atoms with Crippen LogP contribution in [0.2, 0.25) is 0 Å². The highest BCUT2D eigenvalue weighted by Gasteiger charge is 2.16. The van der Waals surface area contributed by atoms with Crippen molar-refractivity contribution in [2.45, 2.75) is 5.16 Å². The van der Waals surface area contributed by atoms with Gasteiger partial charge in [0.05, 0.1) is 21.5 Å². The fourth-order valence-electron chi connectivity index (χ4n) is 2.57. The number of rotatable bonds is 5. The molecule has 2 aromatic heterocycles. The van der Waals surface area contributed by atoms with Gasteiger partial charge in [0.1, 0.15) is 5.75 Å². The van der Waals surface area contributed by atoms with Gasteiger partial charge in [-0.15, -0.1) is 10.2 Å². The van der Waals surface area contributed by atoms with Crippen LogP contribution in [0.15, 0.2) is 52.1 Å². The molecule has 142 valence electrons. The molecule has 2 aromatic carbocycles. The average molecular weight is 476 g/mol. The molecule has 7 nitrogen and oxygen atoms in total. The molecule has 0 saturated heterocycles. The largest absolute Gasteiger partial charge is 0.507 e. The number of nitrogens with one attached hydrogen (secondary N) is 1. The maximum atomic E-state index is 12.3. The van der Waals surface area contributed by atoms with Crippen molar-refractivity contribution in [1.82, 2.24) is 19.7 Å². The molecule has 0 aliphatic rings. The van der Waals surface area contributed by atoms with Gasteiger partial charge in [-0.2, -0.15) is 0 Å². The Kier molecular flexibility index (Phi) is 5.33. The van der Waals surface area contributed by atoms with Crippen LogP contribution in [0, 0.1) is 0 Å². The van der Waals surface area contributed by atoms with Gasteiger partial charge < -0.3 is 15.0 Å². The Bertz CT molecular complexity index is 1140. The number of anilines is 1. The maximum absolute atomic E-state index is 12.3. The summed E-state index contributed by atoms with van der Waals surface area (Å²) in [6.07, 6.45) is 0. The Hall–Kier alpha value is -2.43. The third kappa shape index (κ3) is 3.89. The molecule has 0 spiro atoms. The molecule has 0 aliphatic carbocycles. The number of carbonyl (C=O) groups excluding carboxylic acids is 1. The van der Waals surface area contributed by atoms with E-state index in [1.54, 1.807) is 29.8 Å².